The van der Waals surface area contributed by atoms with Crippen LogP contribution in [0.15, 0.2) is 66.8 Å². The van der Waals surface area contributed by atoms with Crippen molar-refractivity contribution in [1.29, 1.82) is 0 Å². The van der Waals surface area contributed by atoms with Gasteiger partial charge in [-0.2, -0.15) is 0 Å². The fourth-order valence-electron chi connectivity index (χ4n) is 3.64. The first kappa shape index (κ1) is 23.1. The second-order valence-electron chi connectivity index (χ2n) is 7.24. The van der Waals surface area contributed by atoms with E-state index in [0.29, 0.717) is 48.8 Å². The lowest BCUT2D eigenvalue weighted by Gasteiger charge is -2.25. The predicted molar refractivity (Wildman–Crippen MR) is 121 cm³/mol. The minimum absolute atomic E-state index is 0.0531. The van der Waals surface area contributed by atoms with E-state index in [4.69, 9.17) is 14.2 Å². The number of rotatable bonds is 10. The zero-order valence-corrected chi connectivity index (χ0v) is 18.2. The van der Waals surface area contributed by atoms with Crippen LogP contribution in [0.3, 0.4) is 0 Å². The summed E-state index contributed by atoms with van der Waals surface area (Å²) in [7, 11) is 3.13. The average molecular weight is 437 g/mol. The second kappa shape index (κ2) is 10.6. The zero-order valence-electron chi connectivity index (χ0n) is 18.2. The molecular weight excluding hydrogens is 410 g/mol. The highest BCUT2D eigenvalue weighted by Gasteiger charge is 2.45. The normalized spacial score (nSPS) is 17.4. The molecule has 1 N–H and O–H groups in total. The van der Waals surface area contributed by atoms with Crippen molar-refractivity contribution in [1.82, 2.24) is 4.90 Å². The van der Waals surface area contributed by atoms with Crippen LogP contribution < -0.4 is 9.47 Å². The number of nitrogens with zero attached hydrogens (tertiary/aromatic N) is 1. The van der Waals surface area contributed by atoms with Crippen molar-refractivity contribution in [3.8, 4) is 11.5 Å². The molecule has 168 valence electrons. The maximum Gasteiger partial charge on any atom is 0.295 e. The van der Waals surface area contributed by atoms with E-state index in [2.05, 4.69) is 6.58 Å². The Labute approximate surface area is 187 Å². The van der Waals surface area contributed by atoms with E-state index in [1.165, 1.54) is 4.90 Å². The van der Waals surface area contributed by atoms with Crippen LogP contribution in [0, 0.1) is 0 Å². The van der Waals surface area contributed by atoms with Crippen molar-refractivity contribution < 1.29 is 28.9 Å². The summed E-state index contributed by atoms with van der Waals surface area (Å²) < 4.78 is 15.8. The molecule has 1 heterocycles. The highest BCUT2D eigenvalue weighted by Crippen LogP contribution is 2.40. The molecule has 0 spiro atoms. The molecule has 1 amide bonds. The summed E-state index contributed by atoms with van der Waals surface area (Å²) in [4.78, 5) is 27.3. The first-order valence-electron chi connectivity index (χ1n) is 10.3. The first-order valence-corrected chi connectivity index (χ1v) is 10.3. The summed E-state index contributed by atoms with van der Waals surface area (Å²) in [6.45, 7) is 4.76. The van der Waals surface area contributed by atoms with Gasteiger partial charge in [0.1, 0.15) is 23.9 Å². The molecule has 1 aliphatic rings. The van der Waals surface area contributed by atoms with E-state index in [1.54, 1.807) is 68.8 Å². The van der Waals surface area contributed by atoms with E-state index >= 15 is 0 Å². The number of carbonyl (C=O) groups excluding carboxylic acids is 2. The van der Waals surface area contributed by atoms with Gasteiger partial charge in [0.25, 0.3) is 11.7 Å². The van der Waals surface area contributed by atoms with Gasteiger partial charge in [-0.15, -0.1) is 0 Å². The van der Waals surface area contributed by atoms with Crippen LogP contribution in [0.1, 0.15) is 23.6 Å². The maximum absolute atomic E-state index is 13.0. The van der Waals surface area contributed by atoms with Gasteiger partial charge in [-0.05, 0) is 48.4 Å². The van der Waals surface area contributed by atoms with Crippen LogP contribution in [0.4, 0.5) is 0 Å². The molecular formula is C25H27NO6. The highest BCUT2D eigenvalue weighted by atomic mass is 16.5. The van der Waals surface area contributed by atoms with Crippen molar-refractivity contribution in [3.63, 3.8) is 0 Å². The summed E-state index contributed by atoms with van der Waals surface area (Å²) >= 11 is 0. The number of benzene rings is 2. The van der Waals surface area contributed by atoms with Crippen LogP contribution >= 0.6 is 0 Å². The van der Waals surface area contributed by atoms with Crippen LogP contribution in [-0.4, -0.2) is 55.7 Å². The predicted octanol–water partition coefficient (Wildman–Crippen LogP) is 3.72. The number of hydrogen-bond acceptors (Lipinski definition) is 6. The monoisotopic (exact) mass is 437 g/mol. The van der Waals surface area contributed by atoms with Crippen molar-refractivity contribution in [3.05, 3.63) is 77.9 Å². The Morgan fingerprint density at radius 1 is 1.06 bits per heavy atom. The minimum Gasteiger partial charge on any atom is -0.507 e. The molecule has 0 aliphatic carbocycles. The number of aliphatic hydroxyl groups excluding tert-OH is 1. The smallest absolute Gasteiger partial charge is 0.295 e. The number of hydrogen-bond donors (Lipinski definition) is 1. The molecule has 3 rings (SSSR count). The van der Waals surface area contributed by atoms with Crippen molar-refractivity contribution in [2.24, 2.45) is 0 Å². The molecule has 0 bridgehead atoms. The largest absolute Gasteiger partial charge is 0.507 e. The van der Waals surface area contributed by atoms with Gasteiger partial charge in [0.15, 0.2) is 0 Å². The third-order valence-corrected chi connectivity index (χ3v) is 5.21. The third kappa shape index (κ3) is 4.84. The lowest BCUT2D eigenvalue weighted by Crippen LogP contribution is -2.31. The quantitative estimate of drug-likeness (QED) is 0.201. The molecule has 1 saturated heterocycles. The van der Waals surface area contributed by atoms with E-state index in [9.17, 15) is 14.7 Å². The van der Waals surface area contributed by atoms with Gasteiger partial charge in [0, 0.05) is 25.8 Å². The highest BCUT2D eigenvalue weighted by molar-refractivity contribution is 6.46. The van der Waals surface area contributed by atoms with Crippen molar-refractivity contribution in [2.75, 3.05) is 34.0 Å². The molecule has 32 heavy (non-hydrogen) atoms. The maximum atomic E-state index is 13.0. The Balaban J connectivity index is 2.04. The van der Waals surface area contributed by atoms with Gasteiger partial charge in [-0.25, -0.2) is 0 Å². The number of aliphatic hydroxyl groups is 1. The number of ether oxygens (including phenoxy) is 3. The van der Waals surface area contributed by atoms with Gasteiger partial charge in [0.05, 0.1) is 18.7 Å². The molecule has 7 heteroatoms. The molecule has 0 saturated carbocycles. The van der Waals surface area contributed by atoms with E-state index < -0.39 is 17.7 Å². The summed E-state index contributed by atoms with van der Waals surface area (Å²) in [5.41, 5.74) is 1.18. The van der Waals surface area contributed by atoms with Gasteiger partial charge in [-0.1, -0.05) is 24.8 Å². The molecule has 1 atom stereocenters. The molecule has 0 radical (unpaired) electrons. The first-order chi connectivity index (χ1) is 15.5. The van der Waals surface area contributed by atoms with E-state index in [-0.39, 0.29) is 11.3 Å². The Hall–Kier alpha value is -3.58. The van der Waals surface area contributed by atoms with Crippen molar-refractivity contribution >= 4 is 17.4 Å². The second-order valence-corrected chi connectivity index (χ2v) is 7.24. The lowest BCUT2D eigenvalue weighted by molar-refractivity contribution is -0.140. The molecule has 1 fully saturated rings. The fourth-order valence-corrected chi connectivity index (χ4v) is 3.64. The SMILES string of the molecule is C=CCOc1ccc([C@H]2/C(=C(\O)c3ccc(OC)cc3)C(=O)C(=O)N2CCCOC)cc1. The number of amides is 1. The summed E-state index contributed by atoms with van der Waals surface area (Å²) in [5, 5.41) is 11.0. The number of likely N-dealkylation sites (tertiary alicyclic amines) is 1. The van der Waals surface area contributed by atoms with Gasteiger partial charge >= 0.3 is 0 Å². The van der Waals surface area contributed by atoms with Crippen molar-refractivity contribution in [2.45, 2.75) is 12.5 Å². The summed E-state index contributed by atoms with van der Waals surface area (Å²) in [5.74, 6) is -0.327. The number of ketones is 1. The molecule has 7 nitrogen and oxygen atoms in total. The van der Waals surface area contributed by atoms with Crippen LogP contribution in [-0.2, 0) is 14.3 Å². The lowest BCUT2D eigenvalue weighted by atomic mass is 9.95. The molecule has 0 unspecified atom stereocenters. The van der Waals surface area contributed by atoms with Gasteiger partial charge in [-0.3, -0.25) is 9.59 Å². The average Bonchev–Trinajstić information content (AvgIpc) is 3.08. The Morgan fingerprint density at radius 2 is 1.72 bits per heavy atom. The van der Waals surface area contributed by atoms with Crippen LogP contribution in [0.5, 0.6) is 11.5 Å². The third-order valence-electron chi connectivity index (χ3n) is 5.21. The van der Waals surface area contributed by atoms with E-state index in [0.717, 1.165) is 0 Å². The Kier molecular flexibility index (Phi) is 7.68. The molecule has 1 aliphatic heterocycles. The van der Waals surface area contributed by atoms with Crippen LogP contribution in [0.2, 0.25) is 0 Å². The Bertz CT molecular complexity index is 994. The minimum atomic E-state index is -0.720. The summed E-state index contributed by atoms with van der Waals surface area (Å²) in [6.07, 6.45) is 2.20. The number of methoxy groups -OCH3 is 2. The van der Waals surface area contributed by atoms with Gasteiger partial charge in [0.2, 0.25) is 0 Å². The Morgan fingerprint density at radius 3 is 2.31 bits per heavy atom. The molecule has 2 aromatic carbocycles. The van der Waals surface area contributed by atoms with Gasteiger partial charge < -0.3 is 24.2 Å². The standard InChI is InChI=1S/C25H27NO6/c1-4-15-32-20-12-6-17(7-13-20)22-21(23(27)18-8-10-19(31-3)11-9-18)24(28)25(29)26(22)14-5-16-30-2/h4,6-13,22,27H,1,5,14-16H2,2-3H3/b23-21+/t22-/m0/s1. The van der Waals surface area contributed by atoms with Crippen LogP contribution in [0.25, 0.3) is 5.76 Å². The number of Topliss-reactive ketones (excluding diaryl/α,β-unsaturated/α-hetero) is 1. The fraction of sp³-hybridized carbons (Fsp3) is 0.280. The van der Waals surface area contributed by atoms with E-state index in [1.807, 2.05) is 0 Å². The molecule has 0 aromatic heterocycles. The zero-order chi connectivity index (χ0) is 23.1. The molecule has 2 aromatic rings. The number of carbonyl (C=O) groups is 2. The topological polar surface area (TPSA) is 85.3 Å². The summed E-state index contributed by atoms with van der Waals surface area (Å²) in [6, 6.07) is 13.1.